The van der Waals surface area contributed by atoms with E-state index in [9.17, 15) is 14.3 Å². The summed E-state index contributed by atoms with van der Waals surface area (Å²) in [6.07, 6.45) is 1.47. The summed E-state index contributed by atoms with van der Waals surface area (Å²) < 4.78 is 11.9. The van der Waals surface area contributed by atoms with Gasteiger partial charge in [-0.25, -0.2) is 0 Å². The summed E-state index contributed by atoms with van der Waals surface area (Å²) >= 11 is 0. The number of hydrogen-bond acceptors (Lipinski definition) is 4. The molecule has 0 bridgehead atoms. The molecule has 2 unspecified atom stereocenters. The van der Waals surface area contributed by atoms with Crippen molar-refractivity contribution in [1.82, 2.24) is 0 Å². The molecule has 94 valence electrons. The van der Waals surface area contributed by atoms with Gasteiger partial charge in [0.2, 0.25) is 0 Å². The zero-order chi connectivity index (χ0) is 12.8. The van der Waals surface area contributed by atoms with E-state index in [1.165, 1.54) is 6.07 Å². The summed E-state index contributed by atoms with van der Waals surface area (Å²) in [6.45, 7) is 1.88. The second-order valence-corrected chi connectivity index (χ2v) is 5.43. The molecule has 0 aliphatic rings. The van der Waals surface area contributed by atoms with Crippen molar-refractivity contribution in [3.8, 4) is 0 Å². The molecule has 0 saturated carbocycles. The summed E-state index contributed by atoms with van der Waals surface area (Å²) in [5.41, 5.74) is 5.51. The number of rotatable bonds is 6. The molecule has 2 atom stereocenters. The summed E-state index contributed by atoms with van der Waals surface area (Å²) in [4.78, 5) is 10.6. The van der Waals surface area contributed by atoms with E-state index < -0.39 is 15.7 Å². The van der Waals surface area contributed by atoms with Crippen molar-refractivity contribution >= 4 is 16.5 Å². The van der Waals surface area contributed by atoms with E-state index >= 15 is 0 Å². The molecule has 0 spiro atoms. The molecule has 0 saturated heterocycles. The smallest absolute Gasteiger partial charge is 0.285 e. The Kier molecular flexibility index (Phi) is 5.24. The Hall–Kier alpha value is -1.27. The first-order valence-corrected chi connectivity index (χ1v) is 6.71. The van der Waals surface area contributed by atoms with Crippen molar-refractivity contribution in [2.45, 2.75) is 30.7 Å². The lowest BCUT2D eigenvalue weighted by Crippen LogP contribution is -2.15. The third kappa shape index (κ3) is 4.24. The van der Waals surface area contributed by atoms with Gasteiger partial charge in [-0.15, -0.1) is 0 Å². The number of para-hydroxylation sites is 1. The highest BCUT2D eigenvalue weighted by molar-refractivity contribution is 7.85. The first-order chi connectivity index (χ1) is 8.02. The van der Waals surface area contributed by atoms with Crippen LogP contribution in [0.5, 0.6) is 0 Å². The van der Waals surface area contributed by atoms with Gasteiger partial charge in [-0.2, -0.15) is 0 Å². The molecule has 6 heteroatoms. The fourth-order valence-corrected chi connectivity index (χ4v) is 2.70. The summed E-state index contributed by atoms with van der Waals surface area (Å²) in [7, 11) is -1.33. The third-order valence-corrected chi connectivity index (χ3v) is 3.79. The first kappa shape index (κ1) is 13.8. The van der Waals surface area contributed by atoms with E-state index in [0.717, 1.165) is 6.42 Å². The summed E-state index contributed by atoms with van der Waals surface area (Å²) in [5.74, 6) is 0.409. The molecule has 0 fully saturated rings. The number of nitro groups is 1. The Morgan fingerprint density at radius 1 is 1.47 bits per heavy atom. The van der Waals surface area contributed by atoms with Gasteiger partial charge in [0.05, 0.1) is 15.7 Å². The van der Waals surface area contributed by atoms with E-state index in [-0.39, 0.29) is 11.7 Å². The van der Waals surface area contributed by atoms with Crippen molar-refractivity contribution < 1.29 is 9.13 Å². The van der Waals surface area contributed by atoms with Crippen LogP contribution in [-0.4, -0.2) is 20.9 Å². The summed E-state index contributed by atoms with van der Waals surface area (Å²) in [5, 5.41) is 10.8. The van der Waals surface area contributed by atoms with Crippen LogP contribution in [0.1, 0.15) is 19.8 Å². The molecule has 0 amide bonds. The van der Waals surface area contributed by atoms with Crippen molar-refractivity contribution in [2.75, 3.05) is 5.75 Å². The average molecular weight is 256 g/mol. The Bertz CT molecular complexity index is 421. The van der Waals surface area contributed by atoms with Gasteiger partial charge in [0, 0.05) is 17.9 Å². The topological polar surface area (TPSA) is 86.2 Å². The molecular formula is C11H16N2O3S. The second-order valence-electron chi connectivity index (χ2n) is 3.89. The minimum absolute atomic E-state index is 0.0674. The van der Waals surface area contributed by atoms with Crippen LogP contribution in [0.25, 0.3) is 0 Å². The fourth-order valence-electron chi connectivity index (χ4n) is 1.45. The highest BCUT2D eigenvalue weighted by Crippen LogP contribution is 2.22. The maximum absolute atomic E-state index is 11.9. The van der Waals surface area contributed by atoms with Crippen LogP contribution in [0.4, 0.5) is 5.69 Å². The quantitative estimate of drug-likeness (QED) is 0.621. The molecule has 0 aliphatic carbocycles. The molecule has 1 aromatic carbocycles. The number of benzene rings is 1. The standard InChI is InChI=1S/C11H16N2O3S/c1-9(12)5-4-8-17(16)11-7-3-2-6-10(11)13(14)15/h2-3,6-7,9H,4-5,8,12H2,1H3. The number of hydrogen-bond donors (Lipinski definition) is 1. The van der Waals surface area contributed by atoms with Crippen molar-refractivity contribution in [1.29, 1.82) is 0 Å². The monoisotopic (exact) mass is 256 g/mol. The van der Waals surface area contributed by atoms with Gasteiger partial charge in [-0.1, -0.05) is 12.1 Å². The lowest BCUT2D eigenvalue weighted by Gasteiger charge is -2.05. The second kappa shape index (κ2) is 6.46. The van der Waals surface area contributed by atoms with Gasteiger partial charge < -0.3 is 5.73 Å². The third-order valence-electron chi connectivity index (χ3n) is 2.30. The van der Waals surface area contributed by atoms with Gasteiger partial charge in [-0.3, -0.25) is 14.3 Å². The lowest BCUT2D eigenvalue weighted by atomic mass is 10.2. The Morgan fingerprint density at radius 2 is 2.12 bits per heavy atom. The van der Waals surface area contributed by atoms with Gasteiger partial charge in [-0.05, 0) is 25.8 Å². The molecule has 17 heavy (non-hydrogen) atoms. The van der Waals surface area contributed by atoms with E-state index in [4.69, 9.17) is 5.73 Å². The predicted molar refractivity (Wildman–Crippen MR) is 67.3 cm³/mol. The van der Waals surface area contributed by atoms with Gasteiger partial charge in [0.15, 0.2) is 0 Å². The molecule has 0 aliphatic heterocycles. The van der Waals surface area contributed by atoms with Crippen LogP contribution >= 0.6 is 0 Å². The normalized spacial score (nSPS) is 14.2. The molecule has 0 radical (unpaired) electrons. The van der Waals surface area contributed by atoms with Gasteiger partial charge in [0.25, 0.3) is 5.69 Å². The van der Waals surface area contributed by atoms with Crippen LogP contribution in [0, 0.1) is 10.1 Å². The molecular weight excluding hydrogens is 240 g/mol. The van der Waals surface area contributed by atoms with Crippen molar-refractivity contribution in [2.24, 2.45) is 5.73 Å². The minimum atomic E-state index is -1.33. The SMILES string of the molecule is CC(N)CCCS(=O)c1ccccc1[N+](=O)[O-]. The molecule has 1 rings (SSSR count). The van der Waals surface area contributed by atoms with Crippen LogP contribution in [0.3, 0.4) is 0 Å². The van der Waals surface area contributed by atoms with Crippen LogP contribution in [0.15, 0.2) is 29.2 Å². The zero-order valence-corrected chi connectivity index (χ0v) is 10.5. The Balaban J connectivity index is 2.72. The molecule has 0 heterocycles. The number of nitrogens with two attached hydrogens (primary N) is 1. The number of nitro benzene ring substituents is 1. The van der Waals surface area contributed by atoms with Gasteiger partial charge >= 0.3 is 0 Å². The van der Waals surface area contributed by atoms with Crippen molar-refractivity contribution in [3.05, 3.63) is 34.4 Å². The minimum Gasteiger partial charge on any atom is -0.328 e. The predicted octanol–water partition coefficient (Wildman–Crippen LogP) is 1.83. The average Bonchev–Trinajstić information content (AvgIpc) is 2.28. The van der Waals surface area contributed by atoms with Gasteiger partial charge in [0.1, 0.15) is 4.90 Å². The number of nitrogens with zero attached hydrogens (tertiary/aromatic N) is 1. The Morgan fingerprint density at radius 3 is 2.71 bits per heavy atom. The maximum atomic E-state index is 11.9. The molecule has 5 nitrogen and oxygen atoms in total. The molecule has 0 aromatic heterocycles. The lowest BCUT2D eigenvalue weighted by molar-refractivity contribution is -0.387. The fraction of sp³-hybridized carbons (Fsp3) is 0.455. The zero-order valence-electron chi connectivity index (χ0n) is 9.67. The van der Waals surface area contributed by atoms with Crippen LogP contribution in [0.2, 0.25) is 0 Å². The highest BCUT2D eigenvalue weighted by Gasteiger charge is 2.17. The Labute approximate surface area is 103 Å². The molecule has 2 N–H and O–H groups in total. The largest absolute Gasteiger partial charge is 0.328 e. The van der Waals surface area contributed by atoms with Crippen LogP contribution < -0.4 is 5.73 Å². The van der Waals surface area contributed by atoms with E-state index in [1.807, 2.05) is 6.92 Å². The maximum Gasteiger partial charge on any atom is 0.285 e. The van der Waals surface area contributed by atoms with Crippen molar-refractivity contribution in [3.63, 3.8) is 0 Å². The van der Waals surface area contributed by atoms with E-state index in [0.29, 0.717) is 17.1 Å². The first-order valence-electron chi connectivity index (χ1n) is 5.39. The van der Waals surface area contributed by atoms with E-state index in [1.54, 1.807) is 18.2 Å². The summed E-state index contributed by atoms with van der Waals surface area (Å²) in [6, 6.07) is 6.21. The highest BCUT2D eigenvalue weighted by atomic mass is 32.2. The van der Waals surface area contributed by atoms with E-state index in [2.05, 4.69) is 0 Å². The molecule has 1 aromatic rings. The van der Waals surface area contributed by atoms with Crippen LogP contribution in [-0.2, 0) is 10.8 Å².